The minimum absolute atomic E-state index is 0.0129. The van der Waals surface area contributed by atoms with Crippen molar-refractivity contribution in [3.63, 3.8) is 0 Å². The van der Waals surface area contributed by atoms with Gasteiger partial charge in [0.25, 0.3) is 11.1 Å². The standard InChI is InChI=1S/C19H22N2O2S/c1-13-9-14(11-19(2,3)10-13)21(4)17(22)12-23-18-20-15-7-5-6-8-16(15)24-18/h5-9,11H,10,12H2,1-4H3. The summed E-state index contributed by atoms with van der Waals surface area (Å²) in [6.07, 6.45) is 5.23. The van der Waals surface area contributed by atoms with Crippen molar-refractivity contribution >= 4 is 27.5 Å². The van der Waals surface area contributed by atoms with Crippen LogP contribution in [0.15, 0.2) is 47.7 Å². The Morgan fingerprint density at radius 1 is 1.38 bits per heavy atom. The largest absolute Gasteiger partial charge is 0.460 e. The van der Waals surface area contributed by atoms with Gasteiger partial charge < -0.3 is 9.64 Å². The zero-order valence-electron chi connectivity index (χ0n) is 14.5. The highest BCUT2D eigenvalue weighted by Gasteiger charge is 2.24. The van der Waals surface area contributed by atoms with Crippen LogP contribution in [0, 0.1) is 5.41 Å². The van der Waals surface area contributed by atoms with Gasteiger partial charge in [-0.05, 0) is 37.0 Å². The molecule has 126 valence electrons. The highest BCUT2D eigenvalue weighted by Crippen LogP contribution is 2.34. The van der Waals surface area contributed by atoms with Crippen LogP contribution in [-0.4, -0.2) is 29.4 Å². The maximum atomic E-state index is 12.5. The van der Waals surface area contributed by atoms with Gasteiger partial charge in [-0.3, -0.25) is 4.79 Å². The number of para-hydroxylation sites is 1. The lowest BCUT2D eigenvalue weighted by Crippen LogP contribution is -2.32. The Hall–Kier alpha value is -2.14. The fraction of sp³-hybridized carbons (Fsp3) is 0.368. The van der Waals surface area contributed by atoms with Gasteiger partial charge in [0.2, 0.25) is 0 Å². The number of carbonyl (C=O) groups excluding carboxylic acids is 1. The first kappa shape index (κ1) is 16.7. The molecule has 0 N–H and O–H groups in total. The number of thiazole rings is 1. The summed E-state index contributed by atoms with van der Waals surface area (Å²) in [6.45, 7) is 6.45. The molecular formula is C19H22N2O2S. The van der Waals surface area contributed by atoms with Gasteiger partial charge in [0.1, 0.15) is 0 Å². The van der Waals surface area contributed by atoms with Crippen LogP contribution < -0.4 is 4.74 Å². The van der Waals surface area contributed by atoms with Gasteiger partial charge in [0.05, 0.1) is 10.2 Å². The van der Waals surface area contributed by atoms with E-state index in [-0.39, 0.29) is 17.9 Å². The van der Waals surface area contributed by atoms with Crippen molar-refractivity contribution in [2.24, 2.45) is 5.41 Å². The molecule has 0 saturated carbocycles. The number of fused-ring (bicyclic) bond motifs is 1. The molecule has 0 saturated heterocycles. The average Bonchev–Trinajstić information content (AvgIpc) is 2.92. The monoisotopic (exact) mass is 342 g/mol. The van der Waals surface area contributed by atoms with Crippen LogP contribution in [0.1, 0.15) is 27.2 Å². The summed E-state index contributed by atoms with van der Waals surface area (Å²) in [4.78, 5) is 18.5. The van der Waals surface area contributed by atoms with Gasteiger partial charge in [-0.15, -0.1) is 0 Å². The molecule has 4 nitrogen and oxygen atoms in total. The molecule has 0 fully saturated rings. The van der Waals surface area contributed by atoms with E-state index in [1.54, 1.807) is 11.9 Å². The number of amides is 1. The number of ether oxygens (including phenoxy) is 1. The second kappa shape index (κ2) is 6.40. The van der Waals surface area contributed by atoms with E-state index in [0.717, 1.165) is 22.3 Å². The summed E-state index contributed by atoms with van der Waals surface area (Å²) in [5, 5.41) is 0.530. The average molecular weight is 342 g/mol. The molecule has 3 rings (SSSR count). The molecule has 0 unspecified atom stereocenters. The lowest BCUT2D eigenvalue weighted by atomic mass is 9.81. The summed E-state index contributed by atoms with van der Waals surface area (Å²) in [5.41, 5.74) is 3.18. The minimum atomic E-state index is -0.0812. The summed E-state index contributed by atoms with van der Waals surface area (Å²) in [6, 6.07) is 7.84. The van der Waals surface area contributed by atoms with Crippen molar-refractivity contribution in [2.45, 2.75) is 27.2 Å². The number of rotatable bonds is 4. The summed E-state index contributed by atoms with van der Waals surface area (Å²) in [7, 11) is 1.79. The molecule has 1 aliphatic carbocycles. The Labute approximate surface area is 146 Å². The Bertz CT molecular complexity index is 800. The molecule has 1 aromatic carbocycles. The zero-order valence-corrected chi connectivity index (χ0v) is 15.3. The van der Waals surface area contributed by atoms with E-state index in [1.165, 1.54) is 16.9 Å². The molecule has 2 aromatic rings. The first-order chi connectivity index (χ1) is 11.3. The Morgan fingerprint density at radius 3 is 2.83 bits per heavy atom. The van der Waals surface area contributed by atoms with E-state index in [4.69, 9.17) is 4.74 Å². The van der Waals surface area contributed by atoms with Crippen molar-refractivity contribution in [2.75, 3.05) is 13.7 Å². The number of benzene rings is 1. The van der Waals surface area contributed by atoms with Gasteiger partial charge in [-0.25, -0.2) is 4.98 Å². The fourth-order valence-corrected chi connectivity index (χ4v) is 3.80. The highest BCUT2D eigenvalue weighted by atomic mass is 32.1. The molecule has 0 spiro atoms. The predicted octanol–water partition coefficient (Wildman–Crippen LogP) is 4.39. The number of hydrogen-bond acceptors (Lipinski definition) is 4. The van der Waals surface area contributed by atoms with Gasteiger partial charge >= 0.3 is 0 Å². The predicted molar refractivity (Wildman–Crippen MR) is 98.1 cm³/mol. The van der Waals surface area contributed by atoms with Crippen molar-refractivity contribution in [3.8, 4) is 5.19 Å². The third-order valence-electron chi connectivity index (χ3n) is 4.02. The van der Waals surface area contributed by atoms with Crippen molar-refractivity contribution in [3.05, 3.63) is 47.7 Å². The number of hydrogen-bond donors (Lipinski definition) is 0. The van der Waals surface area contributed by atoms with Crippen LogP contribution in [0.2, 0.25) is 0 Å². The molecule has 1 aliphatic rings. The summed E-state index contributed by atoms with van der Waals surface area (Å²) < 4.78 is 6.67. The van der Waals surface area contributed by atoms with Gasteiger partial charge in [-0.2, -0.15) is 0 Å². The lowest BCUT2D eigenvalue weighted by molar-refractivity contribution is -0.130. The SMILES string of the molecule is CC1=CC(N(C)C(=O)COc2nc3ccccc3s2)=CC(C)(C)C1. The number of aromatic nitrogens is 1. The first-order valence-corrected chi connectivity index (χ1v) is 8.81. The minimum Gasteiger partial charge on any atom is -0.460 e. The maximum Gasteiger partial charge on any atom is 0.274 e. The van der Waals surface area contributed by atoms with E-state index in [0.29, 0.717) is 5.19 Å². The van der Waals surface area contributed by atoms with Gasteiger partial charge in [0, 0.05) is 12.7 Å². The van der Waals surface area contributed by atoms with E-state index >= 15 is 0 Å². The summed E-state index contributed by atoms with van der Waals surface area (Å²) in [5.74, 6) is -0.0812. The lowest BCUT2D eigenvalue weighted by Gasteiger charge is -2.30. The molecule has 0 aliphatic heterocycles. The van der Waals surface area contributed by atoms with Gasteiger partial charge in [0.15, 0.2) is 6.61 Å². The third-order valence-corrected chi connectivity index (χ3v) is 4.97. The molecule has 24 heavy (non-hydrogen) atoms. The summed E-state index contributed by atoms with van der Waals surface area (Å²) >= 11 is 1.46. The van der Waals surface area contributed by atoms with Crippen LogP contribution in [0.4, 0.5) is 0 Å². The van der Waals surface area contributed by atoms with E-state index < -0.39 is 0 Å². The molecule has 1 heterocycles. The normalized spacial score (nSPS) is 16.5. The Kier molecular flexibility index (Phi) is 4.45. The van der Waals surface area contributed by atoms with Crippen molar-refractivity contribution in [1.29, 1.82) is 0 Å². The number of nitrogens with zero attached hydrogens (tertiary/aromatic N) is 2. The van der Waals surface area contributed by atoms with Crippen LogP contribution in [0.5, 0.6) is 5.19 Å². The second-order valence-electron chi connectivity index (χ2n) is 6.91. The molecule has 0 atom stereocenters. The van der Waals surface area contributed by atoms with Crippen LogP contribution in [0.25, 0.3) is 10.2 Å². The number of likely N-dealkylation sites (N-methyl/N-ethyl adjacent to an activating group) is 1. The molecular weight excluding hydrogens is 320 g/mol. The van der Waals surface area contributed by atoms with Crippen LogP contribution >= 0.6 is 11.3 Å². The quantitative estimate of drug-likeness (QED) is 0.827. The first-order valence-electron chi connectivity index (χ1n) is 7.99. The second-order valence-corrected chi connectivity index (χ2v) is 7.91. The highest BCUT2D eigenvalue weighted by molar-refractivity contribution is 7.20. The molecule has 1 aromatic heterocycles. The van der Waals surface area contributed by atoms with Crippen molar-refractivity contribution < 1.29 is 9.53 Å². The number of carbonyl (C=O) groups is 1. The molecule has 5 heteroatoms. The maximum absolute atomic E-state index is 12.5. The van der Waals surface area contributed by atoms with E-state index in [2.05, 4.69) is 37.9 Å². The van der Waals surface area contributed by atoms with E-state index in [1.807, 2.05) is 24.3 Å². The third kappa shape index (κ3) is 3.67. The zero-order chi connectivity index (χ0) is 17.3. The Balaban J connectivity index is 1.67. The van der Waals surface area contributed by atoms with Crippen molar-refractivity contribution in [1.82, 2.24) is 9.88 Å². The van der Waals surface area contributed by atoms with E-state index in [9.17, 15) is 4.79 Å². The molecule has 1 amide bonds. The number of allylic oxidation sites excluding steroid dienone is 3. The molecule has 0 bridgehead atoms. The molecule has 0 radical (unpaired) electrons. The fourth-order valence-electron chi connectivity index (χ4n) is 2.99. The van der Waals surface area contributed by atoms with Crippen LogP contribution in [0.3, 0.4) is 0 Å². The van der Waals surface area contributed by atoms with Gasteiger partial charge in [-0.1, -0.05) is 49.0 Å². The smallest absolute Gasteiger partial charge is 0.274 e. The topological polar surface area (TPSA) is 42.4 Å². The Morgan fingerprint density at radius 2 is 2.12 bits per heavy atom. The van der Waals surface area contributed by atoms with Crippen LogP contribution in [-0.2, 0) is 4.79 Å².